The minimum atomic E-state index is 0.0504. The monoisotopic (exact) mass is 233 g/mol. The fourth-order valence-electron chi connectivity index (χ4n) is 1.43. The highest BCUT2D eigenvalue weighted by atomic mass is 15.4. The lowest BCUT2D eigenvalue weighted by molar-refractivity contribution is 0.406. The first kappa shape index (κ1) is 13.8. The van der Waals surface area contributed by atoms with Gasteiger partial charge < -0.3 is 0 Å². The fraction of sp³-hybridized carbons (Fsp3) is 0.714. The minimum absolute atomic E-state index is 0.0504. The molecule has 0 aliphatic heterocycles. The van der Waals surface area contributed by atoms with Gasteiger partial charge in [0.25, 0.3) is 0 Å². The Labute approximate surface area is 105 Å². The molecular formula is C14H23N3. The molecule has 0 N–H and O–H groups in total. The molecule has 0 atom stereocenters. The first-order valence-electron chi connectivity index (χ1n) is 6.05. The molecule has 94 valence electrons. The summed E-state index contributed by atoms with van der Waals surface area (Å²) >= 11 is 0. The Bertz CT molecular complexity index is 419. The molecule has 17 heavy (non-hydrogen) atoms. The summed E-state index contributed by atoms with van der Waals surface area (Å²) in [7, 11) is 0. The molecule has 1 aromatic rings. The molecule has 3 heteroatoms. The van der Waals surface area contributed by atoms with Gasteiger partial charge in [0.1, 0.15) is 6.54 Å². The predicted octanol–water partition coefficient (Wildman–Crippen LogP) is 2.92. The van der Waals surface area contributed by atoms with E-state index in [0.29, 0.717) is 6.54 Å². The first-order valence-corrected chi connectivity index (χ1v) is 6.05. The maximum Gasteiger partial charge on any atom is 0.103 e. The number of hydrogen-bond acceptors (Lipinski definition) is 2. The van der Waals surface area contributed by atoms with Gasteiger partial charge in [0.2, 0.25) is 0 Å². The summed E-state index contributed by atoms with van der Waals surface area (Å²) in [6.07, 6.45) is 2.93. The maximum atomic E-state index is 4.16. The highest BCUT2D eigenvalue weighted by molar-refractivity contribution is 5.07. The highest BCUT2D eigenvalue weighted by Crippen LogP contribution is 2.18. The van der Waals surface area contributed by atoms with Crippen molar-refractivity contribution >= 4 is 0 Å². The Hall–Kier alpha value is -1.30. The van der Waals surface area contributed by atoms with Crippen LogP contribution < -0.4 is 0 Å². The van der Waals surface area contributed by atoms with E-state index >= 15 is 0 Å². The molecule has 0 aromatic carbocycles. The molecule has 0 aliphatic carbocycles. The second-order valence-electron chi connectivity index (χ2n) is 6.70. The van der Waals surface area contributed by atoms with E-state index in [0.717, 1.165) is 12.1 Å². The molecule has 3 nitrogen and oxygen atoms in total. The molecule has 0 aliphatic rings. The summed E-state index contributed by atoms with van der Waals surface area (Å²) in [4.78, 5) is 0. The van der Waals surface area contributed by atoms with E-state index in [2.05, 4.69) is 63.7 Å². The van der Waals surface area contributed by atoms with Crippen LogP contribution in [0.2, 0.25) is 0 Å². The molecule has 0 unspecified atom stereocenters. The van der Waals surface area contributed by atoms with Gasteiger partial charge >= 0.3 is 0 Å². The van der Waals surface area contributed by atoms with E-state index in [1.54, 1.807) is 4.68 Å². The van der Waals surface area contributed by atoms with Crippen LogP contribution in [0.25, 0.3) is 0 Å². The van der Waals surface area contributed by atoms with Crippen molar-refractivity contribution in [1.29, 1.82) is 0 Å². The Kier molecular flexibility index (Phi) is 3.98. The minimum Gasteiger partial charge on any atom is -0.240 e. The third-order valence-electron chi connectivity index (χ3n) is 2.00. The van der Waals surface area contributed by atoms with E-state index in [1.807, 2.05) is 6.20 Å². The van der Waals surface area contributed by atoms with Gasteiger partial charge in [0.05, 0.1) is 5.69 Å². The van der Waals surface area contributed by atoms with Gasteiger partial charge in [-0.1, -0.05) is 37.8 Å². The van der Waals surface area contributed by atoms with Crippen LogP contribution in [0.15, 0.2) is 6.20 Å². The normalized spacial score (nSPS) is 12.1. The largest absolute Gasteiger partial charge is 0.240 e. The van der Waals surface area contributed by atoms with Crippen LogP contribution >= 0.6 is 0 Å². The molecule has 0 bridgehead atoms. The molecule has 1 heterocycles. The Morgan fingerprint density at radius 1 is 1.18 bits per heavy atom. The van der Waals surface area contributed by atoms with Gasteiger partial charge in [-0.25, -0.2) is 4.68 Å². The smallest absolute Gasteiger partial charge is 0.103 e. The topological polar surface area (TPSA) is 30.7 Å². The average Bonchev–Trinajstić information content (AvgIpc) is 2.46. The molecule has 0 saturated carbocycles. The Morgan fingerprint density at radius 3 is 2.35 bits per heavy atom. The summed E-state index contributed by atoms with van der Waals surface area (Å²) in [6, 6.07) is 0. The van der Waals surface area contributed by atoms with Crippen molar-refractivity contribution in [2.45, 2.75) is 54.5 Å². The molecule has 0 radical (unpaired) electrons. The van der Waals surface area contributed by atoms with Gasteiger partial charge in [-0.2, -0.15) is 0 Å². The molecule has 0 saturated heterocycles. The number of aromatic nitrogens is 3. The summed E-state index contributed by atoms with van der Waals surface area (Å²) in [6.45, 7) is 13.5. The van der Waals surface area contributed by atoms with Crippen LogP contribution in [0, 0.1) is 22.7 Å². The fourth-order valence-corrected chi connectivity index (χ4v) is 1.43. The maximum absolute atomic E-state index is 4.16. The summed E-state index contributed by atoms with van der Waals surface area (Å²) in [5.41, 5.74) is 1.34. The zero-order valence-electron chi connectivity index (χ0n) is 11.8. The number of hydrogen-bond donors (Lipinski definition) is 0. The first-order chi connectivity index (χ1) is 7.66. The van der Waals surface area contributed by atoms with Gasteiger partial charge in [-0.15, -0.1) is 5.10 Å². The average molecular weight is 233 g/mol. The third-order valence-corrected chi connectivity index (χ3v) is 2.00. The van der Waals surface area contributed by atoms with Crippen molar-refractivity contribution in [3.63, 3.8) is 0 Å². The van der Waals surface area contributed by atoms with E-state index < -0.39 is 0 Å². The van der Waals surface area contributed by atoms with Gasteiger partial charge in [-0.3, -0.25) is 0 Å². The molecule has 1 aromatic heterocycles. The zero-order chi connectivity index (χ0) is 13.1. The lowest BCUT2D eigenvalue weighted by Gasteiger charge is -2.15. The highest BCUT2D eigenvalue weighted by Gasteiger charge is 2.13. The van der Waals surface area contributed by atoms with Crippen molar-refractivity contribution < 1.29 is 0 Å². The Morgan fingerprint density at radius 2 is 1.82 bits per heavy atom. The summed E-state index contributed by atoms with van der Waals surface area (Å²) < 4.78 is 1.81. The quantitative estimate of drug-likeness (QED) is 0.735. The molecule has 0 spiro atoms. The van der Waals surface area contributed by atoms with Crippen LogP contribution in [-0.4, -0.2) is 15.0 Å². The predicted molar refractivity (Wildman–Crippen MR) is 70.4 cm³/mol. The summed E-state index contributed by atoms with van der Waals surface area (Å²) in [5.74, 6) is 6.32. The van der Waals surface area contributed by atoms with E-state index in [1.165, 1.54) is 0 Å². The second kappa shape index (κ2) is 4.91. The van der Waals surface area contributed by atoms with Crippen molar-refractivity contribution in [3.05, 3.63) is 11.9 Å². The molecule has 1 rings (SSSR count). The van der Waals surface area contributed by atoms with Gasteiger partial charge in [-0.05, 0) is 32.6 Å². The van der Waals surface area contributed by atoms with Crippen molar-refractivity contribution in [2.24, 2.45) is 10.8 Å². The number of nitrogens with zero attached hydrogens (tertiary/aromatic N) is 3. The van der Waals surface area contributed by atoms with E-state index in [9.17, 15) is 0 Å². The van der Waals surface area contributed by atoms with Crippen LogP contribution in [0.1, 0.15) is 47.2 Å². The SMILES string of the molecule is CC(C)(C)C#CCn1cc(CC(C)(C)C)nn1. The van der Waals surface area contributed by atoms with Gasteiger partial charge in [0.15, 0.2) is 0 Å². The van der Waals surface area contributed by atoms with E-state index in [4.69, 9.17) is 0 Å². The lowest BCUT2D eigenvalue weighted by Crippen LogP contribution is -2.09. The standard InChI is InChI=1S/C14H23N3/c1-13(2,3)8-7-9-17-11-12(15-16-17)10-14(4,5)6/h11H,9-10H2,1-6H3. The molecular weight excluding hydrogens is 210 g/mol. The third kappa shape index (κ3) is 6.11. The molecule has 0 fully saturated rings. The lowest BCUT2D eigenvalue weighted by atomic mass is 9.91. The van der Waals surface area contributed by atoms with Gasteiger partial charge in [0, 0.05) is 11.6 Å². The molecule has 0 amide bonds. The number of rotatable bonds is 2. The second-order valence-corrected chi connectivity index (χ2v) is 6.70. The van der Waals surface area contributed by atoms with Crippen molar-refractivity contribution in [1.82, 2.24) is 15.0 Å². The van der Waals surface area contributed by atoms with Crippen LogP contribution in [-0.2, 0) is 13.0 Å². The van der Waals surface area contributed by atoms with Crippen LogP contribution in [0.4, 0.5) is 0 Å². The van der Waals surface area contributed by atoms with Crippen molar-refractivity contribution in [3.8, 4) is 11.8 Å². The summed E-state index contributed by atoms with van der Waals surface area (Å²) in [5, 5.41) is 8.25. The van der Waals surface area contributed by atoms with Crippen LogP contribution in [0.3, 0.4) is 0 Å². The van der Waals surface area contributed by atoms with Crippen LogP contribution in [0.5, 0.6) is 0 Å². The van der Waals surface area contributed by atoms with E-state index in [-0.39, 0.29) is 10.8 Å². The van der Waals surface area contributed by atoms with Crippen molar-refractivity contribution in [2.75, 3.05) is 0 Å². The zero-order valence-corrected chi connectivity index (χ0v) is 11.8. The Balaban J connectivity index is 2.60.